The fraction of sp³-hybridized carbons (Fsp3) is 0.368. The third-order valence-electron chi connectivity index (χ3n) is 4.95. The number of rotatable bonds is 2. The van der Waals surface area contributed by atoms with Gasteiger partial charge < -0.3 is 10.2 Å². The van der Waals surface area contributed by atoms with Crippen molar-refractivity contribution in [2.45, 2.75) is 38.1 Å². The summed E-state index contributed by atoms with van der Waals surface area (Å²) in [5.74, 6) is 0. The van der Waals surface area contributed by atoms with Crippen LogP contribution in [0.15, 0.2) is 42.7 Å². The molecule has 118 valence electrons. The number of hydrogen-bond donors (Lipinski definition) is 1. The second-order valence-corrected chi connectivity index (χ2v) is 6.40. The Morgan fingerprint density at radius 1 is 1.09 bits per heavy atom. The standard InChI is InChI=1S/C19H21N3O/c23-19(21-17-7-6-14-3-1-4-16(14)13-17)22-12-2-5-18(22)15-8-10-20-11-9-15/h6-11,13,18H,1-5,12H2,(H,21,23). The number of likely N-dealkylation sites (tertiary alicyclic amines) is 1. The van der Waals surface area contributed by atoms with E-state index in [9.17, 15) is 4.79 Å². The number of hydrogen-bond acceptors (Lipinski definition) is 2. The second-order valence-electron chi connectivity index (χ2n) is 6.40. The van der Waals surface area contributed by atoms with E-state index in [1.54, 1.807) is 12.4 Å². The Hall–Kier alpha value is -2.36. The van der Waals surface area contributed by atoms with Crippen molar-refractivity contribution < 1.29 is 4.79 Å². The van der Waals surface area contributed by atoms with E-state index < -0.39 is 0 Å². The number of carbonyl (C=O) groups is 1. The number of aryl methyl sites for hydroxylation is 2. The third-order valence-corrected chi connectivity index (χ3v) is 4.95. The van der Waals surface area contributed by atoms with Crippen molar-refractivity contribution in [3.05, 3.63) is 59.4 Å². The molecule has 1 aliphatic carbocycles. The van der Waals surface area contributed by atoms with E-state index in [-0.39, 0.29) is 12.1 Å². The predicted molar refractivity (Wildman–Crippen MR) is 90.4 cm³/mol. The maximum absolute atomic E-state index is 12.7. The Labute approximate surface area is 136 Å². The molecule has 23 heavy (non-hydrogen) atoms. The van der Waals surface area contributed by atoms with Gasteiger partial charge in [-0.2, -0.15) is 0 Å². The van der Waals surface area contributed by atoms with Gasteiger partial charge in [-0.15, -0.1) is 0 Å². The molecule has 1 fully saturated rings. The number of pyridine rings is 1. The van der Waals surface area contributed by atoms with Crippen LogP contribution in [-0.2, 0) is 12.8 Å². The number of carbonyl (C=O) groups excluding carboxylic acids is 1. The van der Waals surface area contributed by atoms with Crippen LogP contribution in [0.25, 0.3) is 0 Å². The van der Waals surface area contributed by atoms with Gasteiger partial charge in [0.2, 0.25) is 0 Å². The first-order valence-electron chi connectivity index (χ1n) is 8.40. The molecule has 0 spiro atoms. The zero-order valence-corrected chi connectivity index (χ0v) is 13.2. The molecule has 0 radical (unpaired) electrons. The first-order valence-corrected chi connectivity index (χ1v) is 8.40. The normalized spacial score (nSPS) is 19.7. The molecule has 2 aliphatic rings. The summed E-state index contributed by atoms with van der Waals surface area (Å²) in [5, 5.41) is 3.08. The second kappa shape index (κ2) is 6.03. The van der Waals surface area contributed by atoms with Crippen molar-refractivity contribution in [1.29, 1.82) is 0 Å². The molecule has 2 heterocycles. The fourth-order valence-corrected chi connectivity index (χ4v) is 3.79. The minimum atomic E-state index is 0.00209. The fourth-order valence-electron chi connectivity index (χ4n) is 3.79. The number of fused-ring (bicyclic) bond motifs is 1. The van der Waals surface area contributed by atoms with E-state index >= 15 is 0 Å². The molecule has 1 aliphatic heterocycles. The highest BCUT2D eigenvalue weighted by Gasteiger charge is 2.30. The van der Waals surface area contributed by atoms with Crippen molar-refractivity contribution in [3.8, 4) is 0 Å². The van der Waals surface area contributed by atoms with Gasteiger partial charge in [-0.25, -0.2) is 4.79 Å². The Morgan fingerprint density at radius 3 is 2.78 bits per heavy atom. The molecule has 1 saturated heterocycles. The monoisotopic (exact) mass is 307 g/mol. The molecular weight excluding hydrogens is 286 g/mol. The summed E-state index contributed by atoms with van der Waals surface area (Å²) in [4.78, 5) is 18.7. The number of benzene rings is 1. The highest BCUT2D eigenvalue weighted by Crippen LogP contribution is 2.32. The highest BCUT2D eigenvalue weighted by atomic mass is 16.2. The summed E-state index contributed by atoms with van der Waals surface area (Å²) >= 11 is 0. The Morgan fingerprint density at radius 2 is 1.91 bits per heavy atom. The quantitative estimate of drug-likeness (QED) is 0.913. The van der Waals surface area contributed by atoms with Crippen molar-refractivity contribution in [1.82, 2.24) is 9.88 Å². The highest BCUT2D eigenvalue weighted by molar-refractivity contribution is 5.90. The number of nitrogens with zero attached hydrogens (tertiary/aromatic N) is 2. The first-order chi connectivity index (χ1) is 11.3. The maximum atomic E-state index is 12.7. The van der Waals surface area contributed by atoms with Crippen LogP contribution >= 0.6 is 0 Å². The predicted octanol–water partition coefficient (Wildman–Crippen LogP) is 3.94. The van der Waals surface area contributed by atoms with Crippen molar-refractivity contribution in [2.75, 3.05) is 11.9 Å². The number of urea groups is 1. The molecule has 4 nitrogen and oxygen atoms in total. The SMILES string of the molecule is O=C(Nc1ccc2c(c1)CCC2)N1CCCC1c1ccncc1. The lowest BCUT2D eigenvalue weighted by Gasteiger charge is -2.25. The summed E-state index contributed by atoms with van der Waals surface area (Å²) in [6.45, 7) is 0.809. The largest absolute Gasteiger partial charge is 0.322 e. The maximum Gasteiger partial charge on any atom is 0.322 e. The van der Waals surface area contributed by atoms with Gasteiger partial charge >= 0.3 is 6.03 Å². The van der Waals surface area contributed by atoms with Crippen LogP contribution in [0, 0.1) is 0 Å². The molecule has 4 rings (SSSR count). The van der Waals surface area contributed by atoms with Crippen LogP contribution in [0.2, 0.25) is 0 Å². The van der Waals surface area contributed by atoms with Crippen LogP contribution in [0.4, 0.5) is 10.5 Å². The van der Waals surface area contributed by atoms with Crippen LogP contribution in [0.3, 0.4) is 0 Å². The molecule has 1 aromatic carbocycles. The molecule has 0 saturated carbocycles. The molecule has 1 unspecified atom stereocenters. The third kappa shape index (κ3) is 2.81. The molecular formula is C19H21N3O. The zero-order chi connectivity index (χ0) is 15.6. The van der Waals surface area contributed by atoms with E-state index in [4.69, 9.17) is 0 Å². The molecule has 2 amide bonds. The van der Waals surface area contributed by atoms with Crippen LogP contribution in [0.1, 0.15) is 42.0 Å². The average Bonchev–Trinajstić information content (AvgIpc) is 3.24. The van der Waals surface area contributed by atoms with E-state index in [2.05, 4.69) is 22.4 Å². The Kier molecular flexibility index (Phi) is 3.74. The van der Waals surface area contributed by atoms with Gasteiger partial charge in [-0.1, -0.05) is 6.07 Å². The minimum Gasteiger partial charge on any atom is -0.317 e. The Bertz CT molecular complexity index is 714. The summed E-state index contributed by atoms with van der Waals surface area (Å²) < 4.78 is 0. The van der Waals surface area contributed by atoms with E-state index in [0.717, 1.165) is 31.5 Å². The number of anilines is 1. The van der Waals surface area contributed by atoms with Crippen molar-refractivity contribution in [3.63, 3.8) is 0 Å². The topological polar surface area (TPSA) is 45.2 Å². The van der Waals surface area contributed by atoms with Crippen molar-refractivity contribution >= 4 is 11.7 Å². The van der Waals surface area contributed by atoms with Gasteiger partial charge in [-0.3, -0.25) is 4.98 Å². The lowest BCUT2D eigenvalue weighted by atomic mass is 10.1. The van der Waals surface area contributed by atoms with Crippen LogP contribution in [0.5, 0.6) is 0 Å². The summed E-state index contributed by atoms with van der Waals surface area (Å²) in [7, 11) is 0. The molecule has 1 atom stereocenters. The van der Waals surface area contributed by atoms with Gasteiger partial charge in [0.1, 0.15) is 0 Å². The molecule has 1 aromatic heterocycles. The first kappa shape index (κ1) is 14.2. The lowest BCUT2D eigenvalue weighted by Crippen LogP contribution is -2.34. The smallest absolute Gasteiger partial charge is 0.317 e. The molecule has 4 heteroatoms. The zero-order valence-electron chi connectivity index (χ0n) is 13.2. The van der Waals surface area contributed by atoms with Gasteiger partial charge in [0.05, 0.1) is 6.04 Å². The van der Waals surface area contributed by atoms with E-state index in [1.807, 2.05) is 23.1 Å². The molecule has 1 N–H and O–H groups in total. The molecule has 2 aromatic rings. The summed E-state index contributed by atoms with van der Waals surface area (Å²) in [6.07, 6.45) is 9.17. The summed E-state index contributed by atoms with van der Waals surface area (Å²) in [5.41, 5.74) is 4.89. The van der Waals surface area contributed by atoms with Gasteiger partial charge in [-0.05, 0) is 73.1 Å². The number of nitrogens with one attached hydrogen (secondary N) is 1. The van der Waals surface area contributed by atoms with Crippen LogP contribution in [-0.4, -0.2) is 22.5 Å². The van der Waals surface area contributed by atoms with Crippen molar-refractivity contribution in [2.24, 2.45) is 0 Å². The van der Waals surface area contributed by atoms with Gasteiger partial charge in [0, 0.05) is 24.6 Å². The summed E-state index contributed by atoms with van der Waals surface area (Å²) in [6, 6.07) is 10.5. The molecule has 0 bridgehead atoms. The van der Waals surface area contributed by atoms with E-state index in [1.165, 1.54) is 29.5 Å². The van der Waals surface area contributed by atoms with Crippen LogP contribution < -0.4 is 5.32 Å². The number of amides is 2. The van der Waals surface area contributed by atoms with Gasteiger partial charge in [0.25, 0.3) is 0 Å². The Balaban J connectivity index is 1.50. The minimum absolute atomic E-state index is 0.00209. The van der Waals surface area contributed by atoms with Gasteiger partial charge in [0.15, 0.2) is 0 Å². The average molecular weight is 307 g/mol. The lowest BCUT2D eigenvalue weighted by molar-refractivity contribution is 0.207. The number of aromatic nitrogens is 1. The van der Waals surface area contributed by atoms with E-state index in [0.29, 0.717) is 0 Å².